The maximum Gasteiger partial charge on any atom is 0.331 e. The van der Waals surface area contributed by atoms with Gasteiger partial charge in [-0.2, -0.15) is 0 Å². The zero-order chi connectivity index (χ0) is 19.4. The number of fused-ring (bicyclic) bond motifs is 1. The second kappa shape index (κ2) is 7.95. The fourth-order valence-corrected chi connectivity index (χ4v) is 2.94. The topological polar surface area (TPSA) is 66.8 Å². The van der Waals surface area contributed by atoms with Crippen molar-refractivity contribution >= 4 is 17.8 Å². The lowest BCUT2D eigenvalue weighted by atomic mass is 10.1. The number of hydrogen-bond acceptors (Lipinski definition) is 5. The monoisotopic (exact) mass is 367 g/mol. The summed E-state index contributed by atoms with van der Waals surface area (Å²) in [6.45, 7) is 8.03. The highest BCUT2D eigenvalue weighted by molar-refractivity contribution is 6.00. The minimum Gasteiger partial charge on any atom is -0.454 e. The molecule has 1 aliphatic heterocycles. The van der Waals surface area contributed by atoms with E-state index in [2.05, 4.69) is 6.58 Å². The third kappa shape index (κ3) is 4.11. The van der Waals surface area contributed by atoms with Crippen LogP contribution in [0.1, 0.15) is 27.3 Å². The van der Waals surface area contributed by atoms with Gasteiger partial charge in [0.05, 0.1) is 0 Å². The molecule has 6 heteroatoms. The zero-order valence-corrected chi connectivity index (χ0v) is 15.4. The number of nitrogens with zero attached hydrogens (tertiary/aromatic N) is 1. The number of carbonyl (C=O) groups is 2. The van der Waals surface area contributed by atoms with Gasteiger partial charge in [0.25, 0.3) is 0 Å². The molecule has 6 nitrogen and oxygen atoms in total. The van der Waals surface area contributed by atoms with Gasteiger partial charge in [0.15, 0.2) is 18.1 Å². The van der Waals surface area contributed by atoms with Gasteiger partial charge in [-0.05, 0) is 43.7 Å². The maximum absolute atomic E-state index is 12.4. The first-order chi connectivity index (χ1) is 13.0. The minimum absolute atomic E-state index is 0.195. The Kier molecular flexibility index (Phi) is 5.45. The molecule has 140 valence electrons. The SMILES string of the molecule is C=CCn1c(C)cc(C(=O)COC(=O)/C=C/c2ccc3c(c2)OCO3)c1C. The van der Waals surface area contributed by atoms with Crippen LogP contribution in [0.5, 0.6) is 11.5 Å². The Balaban J connectivity index is 1.58. The first-order valence-electron chi connectivity index (χ1n) is 8.55. The van der Waals surface area contributed by atoms with E-state index in [4.69, 9.17) is 14.2 Å². The number of rotatable bonds is 7. The number of hydrogen-bond donors (Lipinski definition) is 0. The molecule has 0 fully saturated rings. The largest absolute Gasteiger partial charge is 0.454 e. The molecule has 0 bridgehead atoms. The van der Waals surface area contributed by atoms with Crippen LogP contribution in [0.15, 0.2) is 43.0 Å². The predicted octanol–water partition coefficient (Wildman–Crippen LogP) is 3.46. The van der Waals surface area contributed by atoms with Crippen LogP contribution < -0.4 is 9.47 Å². The van der Waals surface area contributed by atoms with Crippen LogP contribution in [-0.2, 0) is 16.1 Å². The second-order valence-electron chi connectivity index (χ2n) is 6.16. The molecule has 0 atom stereocenters. The first kappa shape index (κ1) is 18.5. The van der Waals surface area contributed by atoms with Crippen LogP contribution >= 0.6 is 0 Å². The van der Waals surface area contributed by atoms with Crippen molar-refractivity contribution in [2.75, 3.05) is 13.4 Å². The van der Waals surface area contributed by atoms with Crippen molar-refractivity contribution in [1.82, 2.24) is 4.57 Å². The number of Topliss-reactive ketones (excluding diaryl/α,β-unsaturated/α-hetero) is 1. The second-order valence-corrected chi connectivity index (χ2v) is 6.16. The van der Waals surface area contributed by atoms with Crippen LogP contribution in [0, 0.1) is 13.8 Å². The number of allylic oxidation sites excluding steroid dienone is 1. The van der Waals surface area contributed by atoms with Gasteiger partial charge in [-0.25, -0.2) is 4.79 Å². The van der Waals surface area contributed by atoms with Gasteiger partial charge in [-0.1, -0.05) is 12.1 Å². The Hall–Kier alpha value is -3.28. The Bertz CT molecular complexity index is 923. The van der Waals surface area contributed by atoms with Gasteiger partial charge in [-0.15, -0.1) is 6.58 Å². The van der Waals surface area contributed by atoms with E-state index in [1.54, 1.807) is 36.4 Å². The molecule has 1 aromatic carbocycles. The van der Waals surface area contributed by atoms with Crippen LogP contribution in [0.2, 0.25) is 0 Å². The highest BCUT2D eigenvalue weighted by Gasteiger charge is 2.16. The van der Waals surface area contributed by atoms with E-state index in [-0.39, 0.29) is 19.2 Å². The number of aromatic nitrogens is 1. The number of ether oxygens (including phenoxy) is 3. The van der Waals surface area contributed by atoms with Gasteiger partial charge in [-0.3, -0.25) is 4.79 Å². The molecule has 27 heavy (non-hydrogen) atoms. The quantitative estimate of drug-likeness (QED) is 0.324. The molecule has 0 spiro atoms. The lowest BCUT2D eigenvalue weighted by Gasteiger charge is -2.06. The molecule has 2 heterocycles. The summed E-state index contributed by atoms with van der Waals surface area (Å²) in [6.07, 6.45) is 4.66. The fourth-order valence-electron chi connectivity index (χ4n) is 2.94. The Morgan fingerprint density at radius 3 is 2.78 bits per heavy atom. The van der Waals surface area contributed by atoms with Crippen LogP contribution in [0.4, 0.5) is 0 Å². The number of ketones is 1. The van der Waals surface area contributed by atoms with E-state index in [1.165, 1.54) is 6.08 Å². The average Bonchev–Trinajstić information content (AvgIpc) is 3.23. The molecular weight excluding hydrogens is 346 g/mol. The molecular formula is C21H21NO5. The summed E-state index contributed by atoms with van der Waals surface area (Å²) in [6, 6.07) is 7.15. The minimum atomic E-state index is -0.582. The van der Waals surface area contributed by atoms with Crippen molar-refractivity contribution in [3.05, 3.63) is 65.5 Å². The summed E-state index contributed by atoms with van der Waals surface area (Å²) in [5.74, 6) is 0.495. The Morgan fingerprint density at radius 1 is 1.22 bits per heavy atom. The van der Waals surface area contributed by atoms with Crippen molar-refractivity contribution < 1.29 is 23.8 Å². The highest BCUT2D eigenvalue weighted by atomic mass is 16.7. The molecule has 0 saturated heterocycles. The third-order valence-electron chi connectivity index (χ3n) is 4.34. The van der Waals surface area contributed by atoms with Crippen LogP contribution in [-0.4, -0.2) is 29.7 Å². The van der Waals surface area contributed by atoms with Gasteiger partial charge in [0.1, 0.15) is 0 Å². The van der Waals surface area contributed by atoms with Crippen molar-refractivity contribution in [3.8, 4) is 11.5 Å². The fraction of sp³-hybridized carbons (Fsp3) is 0.238. The maximum atomic E-state index is 12.4. The predicted molar refractivity (Wildman–Crippen MR) is 101 cm³/mol. The molecule has 0 radical (unpaired) electrons. The molecule has 1 aromatic heterocycles. The van der Waals surface area contributed by atoms with Crippen molar-refractivity contribution in [2.24, 2.45) is 0 Å². The molecule has 0 N–H and O–H groups in total. The molecule has 0 unspecified atom stereocenters. The van der Waals surface area contributed by atoms with Gasteiger partial charge >= 0.3 is 5.97 Å². The third-order valence-corrected chi connectivity index (χ3v) is 4.34. The van der Waals surface area contributed by atoms with E-state index in [9.17, 15) is 9.59 Å². The molecule has 3 rings (SSSR count). The van der Waals surface area contributed by atoms with Gasteiger partial charge in [0.2, 0.25) is 12.6 Å². The molecule has 0 saturated carbocycles. The lowest BCUT2D eigenvalue weighted by Crippen LogP contribution is -2.13. The normalized spacial score (nSPS) is 12.4. The molecule has 1 aliphatic rings. The summed E-state index contributed by atoms with van der Waals surface area (Å²) in [5.41, 5.74) is 3.13. The smallest absolute Gasteiger partial charge is 0.331 e. The summed E-state index contributed by atoms with van der Waals surface area (Å²) < 4.78 is 17.6. The Morgan fingerprint density at radius 2 is 2.00 bits per heavy atom. The zero-order valence-electron chi connectivity index (χ0n) is 15.4. The molecule has 0 aliphatic carbocycles. The van der Waals surface area contributed by atoms with Crippen molar-refractivity contribution in [3.63, 3.8) is 0 Å². The van der Waals surface area contributed by atoms with E-state index in [0.717, 1.165) is 17.0 Å². The van der Waals surface area contributed by atoms with E-state index < -0.39 is 5.97 Å². The number of aryl methyl sites for hydroxylation is 1. The standard InChI is InChI=1S/C21H21NO5/c1-4-9-22-14(2)10-17(15(22)3)18(23)12-25-21(24)8-6-16-5-7-19-20(11-16)27-13-26-19/h4-8,10-11H,1,9,12-13H2,2-3H3/b8-6+. The Labute approximate surface area is 157 Å². The lowest BCUT2D eigenvalue weighted by molar-refractivity contribution is -0.136. The molecule has 2 aromatic rings. The van der Waals surface area contributed by atoms with Crippen LogP contribution in [0.3, 0.4) is 0 Å². The van der Waals surface area contributed by atoms with Gasteiger partial charge in [0, 0.05) is 29.6 Å². The summed E-state index contributed by atoms with van der Waals surface area (Å²) in [7, 11) is 0. The van der Waals surface area contributed by atoms with E-state index >= 15 is 0 Å². The number of carbonyl (C=O) groups excluding carboxylic acids is 2. The van der Waals surface area contributed by atoms with E-state index in [1.807, 2.05) is 18.4 Å². The first-order valence-corrected chi connectivity index (χ1v) is 8.55. The molecule has 0 amide bonds. The van der Waals surface area contributed by atoms with Crippen molar-refractivity contribution in [2.45, 2.75) is 20.4 Å². The summed E-state index contributed by atoms with van der Waals surface area (Å²) >= 11 is 0. The number of esters is 1. The highest BCUT2D eigenvalue weighted by Crippen LogP contribution is 2.32. The van der Waals surface area contributed by atoms with Gasteiger partial charge < -0.3 is 18.8 Å². The number of benzene rings is 1. The van der Waals surface area contributed by atoms with Crippen molar-refractivity contribution in [1.29, 1.82) is 0 Å². The average molecular weight is 367 g/mol. The van der Waals surface area contributed by atoms with E-state index in [0.29, 0.717) is 23.6 Å². The summed E-state index contributed by atoms with van der Waals surface area (Å²) in [4.78, 5) is 24.3. The van der Waals surface area contributed by atoms with Crippen LogP contribution in [0.25, 0.3) is 6.08 Å². The summed E-state index contributed by atoms with van der Waals surface area (Å²) in [5, 5.41) is 0.